The Morgan fingerprint density at radius 1 is 1.04 bits per heavy atom. The topological polar surface area (TPSA) is 52.5 Å². The van der Waals surface area contributed by atoms with Gasteiger partial charge >= 0.3 is 0 Å². The molecular formula is C18H18N2O3. The summed E-state index contributed by atoms with van der Waals surface area (Å²) >= 11 is 0. The minimum absolute atomic E-state index is 0.184. The van der Waals surface area contributed by atoms with Crippen molar-refractivity contribution in [3.8, 4) is 11.5 Å². The van der Waals surface area contributed by atoms with Gasteiger partial charge in [0.2, 0.25) is 0 Å². The fraction of sp³-hybridized carbons (Fsp3) is 0.167. The lowest BCUT2D eigenvalue weighted by molar-refractivity contribution is 0.102. The molecule has 2 aromatic carbocycles. The molecule has 0 aliphatic heterocycles. The summed E-state index contributed by atoms with van der Waals surface area (Å²) in [6.45, 7) is 0. The number of aromatic nitrogens is 1. The van der Waals surface area contributed by atoms with Gasteiger partial charge < -0.3 is 19.4 Å². The van der Waals surface area contributed by atoms with Crippen molar-refractivity contribution in [3.05, 3.63) is 54.2 Å². The molecule has 0 bridgehead atoms. The molecule has 1 aromatic heterocycles. The first-order chi connectivity index (χ1) is 11.1. The number of methoxy groups -OCH3 is 2. The summed E-state index contributed by atoms with van der Waals surface area (Å²) in [6, 6.07) is 12.9. The quantitative estimate of drug-likeness (QED) is 0.803. The molecule has 0 atom stereocenters. The molecule has 0 saturated heterocycles. The highest BCUT2D eigenvalue weighted by Gasteiger charge is 2.12. The predicted molar refractivity (Wildman–Crippen MR) is 90.4 cm³/mol. The van der Waals surface area contributed by atoms with Gasteiger partial charge in [0.05, 0.1) is 19.9 Å². The van der Waals surface area contributed by atoms with Crippen LogP contribution < -0.4 is 14.8 Å². The lowest BCUT2D eigenvalue weighted by atomic mass is 10.1. The third kappa shape index (κ3) is 2.85. The molecule has 3 aromatic rings. The summed E-state index contributed by atoms with van der Waals surface area (Å²) in [7, 11) is 5.10. The molecule has 5 nitrogen and oxygen atoms in total. The number of carbonyl (C=O) groups excluding carboxylic acids is 1. The van der Waals surface area contributed by atoms with E-state index in [1.165, 1.54) is 0 Å². The van der Waals surface area contributed by atoms with Gasteiger partial charge in [-0.15, -0.1) is 0 Å². The molecule has 3 rings (SSSR count). The van der Waals surface area contributed by atoms with E-state index in [1.807, 2.05) is 42.1 Å². The van der Waals surface area contributed by atoms with E-state index < -0.39 is 0 Å². The van der Waals surface area contributed by atoms with Crippen molar-refractivity contribution in [2.24, 2.45) is 7.05 Å². The molecular weight excluding hydrogens is 292 g/mol. The molecule has 23 heavy (non-hydrogen) atoms. The summed E-state index contributed by atoms with van der Waals surface area (Å²) in [5.41, 5.74) is 2.21. The Morgan fingerprint density at radius 3 is 2.61 bits per heavy atom. The van der Waals surface area contributed by atoms with E-state index in [-0.39, 0.29) is 5.91 Å². The molecule has 118 valence electrons. The number of rotatable bonds is 4. The van der Waals surface area contributed by atoms with Crippen LogP contribution in [0.3, 0.4) is 0 Å². The van der Waals surface area contributed by atoms with Gasteiger partial charge in [-0.05, 0) is 35.7 Å². The maximum atomic E-state index is 12.5. The maximum absolute atomic E-state index is 12.5. The van der Waals surface area contributed by atoms with Crippen molar-refractivity contribution < 1.29 is 14.3 Å². The van der Waals surface area contributed by atoms with Crippen molar-refractivity contribution in [2.45, 2.75) is 0 Å². The number of hydrogen-bond donors (Lipinski definition) is 1. The number of benzene rings is 2. The SMILES string of the molecule is COc1ccc(NC(=O)c2ccc3ccn(C)c3c2)c(OC)c1. The van der Waals surface area contributed by atoms with Crippen molar-refractivity contribution in [2.75, 3.05) is 19.5 Å². The number of carbonyl (C=O) groups is 1. The van der Waals surface area contributed by atoms with Gasteiger partial charge in [-0.25, -0.2) is 0 Å². The number of nitrogens with one attached hydrogen (secondary N) is 1. The third-order valence-electron chi connectivity index (χ3n) is 3.81. The second-order valence-electron chi connectivity index (χ2n) is 5.22. The van der Waals surface area contributed by atoms with E-state index >= 15 is 0 Å². The van der Waals surface area contributed by atoms with Crippen LogP contribution in [0.1, 0.15) is 10.4 Å². The molecule has 1 N–H and O–H groups in total. The number of amides is 1. The van der Waals surface area contributed by atoms with Crippen molar-refractivity contribution in [1.29, 1.82) is 0 Å². The molecule has 0 fully saturated rings. The van der Waals surface area contributed by atoms with Crippen LogP contribution in [0.4, 0.5) is 5.69 Å². The Labute approximate surface area is 134 Å². The summed E-state index contributed by atoms with van der Waals surface area (Å²) < 4.78 is 12.4. The smallest absolute Gasteiger partial charge is 0.255 e. The average Bonchev–Trinajstić information content (AvgIpc) is 2.95. The molecule has 0 spiro atoms. The van der Waals surface area contributed by atoms with Gasteiger partial charge in [-0.2, -0.15) is 0 Å². The number of fused-ring (bicyclic) bond motifs is 1. The van der Waals surface area contributed by atoms with Crippen LogP contribution in [-0.2, 0) is 7.05 Å². The molecule has 0 aliphatic rings. The largest absolute Gasteiger partial charge is 0.497 e. The number of hydrogen-bond acceptors (Lipinski definition) is 3. The first kappa shape index (κ1) is 15.0. The van der Waals surface area contributed by atoms with Crippen LogP contribution in [0, 0.1) is 0 Å². The van der Waals surface area contributed by atoms with Crippen LogP contribution in [0.25, 0.3) is 10.9 Å². The van der Waals surface area contributed by atoms with Crippen molar-refractivity contribution in [1.82, 2.24) is 4.57 Å². The van der Waals surface area contributed by atoms with E-state index in [0.717, 1.165) is 10.9 Å². The summed E-state index contributed by atoms with van der Waals surface area (Å²) in [5.74, 6) is 1.04. The first-order valence-corrected chi connectivity index (χ1v) is 7.21. The molecule has 0 saturated carbocycles. The highest BCUT2D eigenvalue weighted by molar-refractivity contribution is 6.06. The Bertz CT molecular complexity index is 868. The number of ether oxygens (including phenoxy) is 2. The van der Waals surface area contributed by atoms with Crippen LogP contribution in [0.15, 0.2) is 48.7 Å². The minimum atomic E-state index is -0.184. The second kappa shape index (κ2) is 6.04. The molecule has 1 amide bonds. The standard InChI is InChI=1S/C18H18N2O3/c1-20-9-8-12-4-5-13(10-16(12)20)18(21)19-15-7-6-14(22-2)11-17(15)23-3/h4-11H,1-3H3,(H,19,21). The Kier molecular flexibility index (Phi) is 3.93. The van der Waals surface area contributed by atoms with E-state index in [0.29, 0.717) is 22.7 Å². The van der Waals surface area contributed by atoms with Crippen LogP contribution in [0.2, 0.25) is 0 Å². The number of nitrogens with zero attached hydrogens (tertiary/aromatic N) is 1. The monoisotopic (exact) mass is 310 g/mol. The van der Waals surface area contributed by atoms with E-state index in [4.69, 9.17) is 9.47 Å². The van der Waals surface area contributed by atoms with Crippen molar-refractivity contribution >= 4 is 22.5 Å². The van der Waals surface area contributed by atoms with Crippen LogP contribution >= 0.6 is 0 Å². The number of aryl methyl sites for hydroxylation is 1. The molecule has 1 heterocycles. The Balaban J connectivity index is 1.89. The zero-order valence-electron chi connectivity index (χ0n) is 13.3. The summed E-state index contributed by atoms with van der Waals surface area (Å²) in [5, 5.41) is 3.98. The van der Waals surface area contributed by atoms with E-state index in [1.54, 1.807) is 32.4 Å². The maximum Gasteiger partial charge on any atom is 0.255 e. The normalized spacial score (nSPS) is 10.6. The van der Waals surface area contributed by atoms with E-state index in [9.17, 15) is 4.79 Å². The Hall–Kier alpha value is -2.95. The lowest BCUT2D eigenvalue weighted by Gasteiger charge is -2.12. The fourth-order valence-electron chi connectivity index (χ4n) is 2.50. The molecule has 0 radical (unpaired) electrons. The van der Waals surface area contributed by atoms with Gasteiger partial charge in [0.25, 0.3) is 5.91 Å². The lowest BCUT2D eigenvalue weighted by Crippen LogP contribution is -2.12. The Morgan fingerprint density at radius 2 is 1.87 bits per heavy atom. The average molecular weight is 310 g/mol. The second-order valence-corrected chi connectivity index (χ2v) is 5.22. The van der Waals surface area contributed by atoms with E-state index in [2.05, 4.69) is 5.32 Å². The molecule has 5 heteroatoms. The van der Waals surface area contributed by atoms with Crippen molar-refractivity contribution in [3.63, 3.8) is 0 Å². The fourth-order valence-corrected chi connectivity index (χ4v) is 2.50. The summed E-state index contributed by atoms with van der Waals surface area (Å²) in [6.07, 6.45) is 1.97. The summed E-state index contributed by atoms with van der Waals surface area (Å²) in [4.78, 5) is 12.5. The zero-order chi connectivity index (χ0) is 16.4. The number of anilines is 1. The molecule has 0 unspecified atom stereocenters. The zero-order valence-corrected chi connectivity index (χ0v) is 13.3. The van der Waals surface area contributed by atoms with Crippen LogP contribution in [-0.4, -0.2) is 24.7 Å². The first-order valence-electron chi connectivity index (χ1n) is 7.21. The van der Waals surface area contributed by atoms with Gasteiger partial charge in [-0.3, -0.25) is 4.79 Å². The van der Waals surface area contributed by atoms with Gasteiger partial charge in [0.1, 0.15) is 11.5 Å². The highest BCUT2D eigenvalue weighted by atomic mass is 16.5. The van der Waals surface area contributed by atoms with Gasteiger partial charge in [0, 0.05) is 30.4 Å². The van der Waals surface area contributed by atoms with Gasteiger partial charge in [0.15, 0.2) is 0 Å². The van der Waals surface area contributed by atoms with Gasteiger partial charge in [-0.1, -0.05) is 6.07 Å². The predicted octanol–water partition coefficient (Wildman–Crippen LogP) is 3.45. The minimum Gasteiger partial charge on any atom is -0.497 e. The van der Waals surface area contributed by atoms with Crippen LogP contribution in [0.5, 0.6) is 11.5 Å². The highest BCUT2D eigenvalue weighted by Crippen LogP contribution is 2.29. The third-order valence-corrected chi connectivity index (χ3v) is 3.81. The molecule has 0 aliphatic carbocycles.